The summed E-state index contributed by atoms with van der Waals surface area (Å²) in [4.78, 5) is 5.47. The van der Waals surface area contributed by atoms with Crippen LogP contribution in [0.4, 0.5) is 0 Å². The van der Waals surface area contributed by atoms with Gasteiger partial charge in [-0.3, -0.25) is 4.98 Å². The third-order valence-electron chi connectivity index (χ3n) is 3.36. The van der Waals surface area contributed by atoms with Crippen molar-refractivity contribution in [2.75, 3.05) is 0 Å². The van der Waals surface area contributed by atoms with Crippen LogP contribution < -0.4 is 4.72 Å². The number of rotatable bonds is 5. The minimum absolute atomic E-state index is 0.133. The highest BCUT2D eigenvalue weighted by Crippen LogP contribution is 2.23. The third kappa shape index (κ3) is 3.68. The molecule has 0 fully saturated rings. The summed E-state index contributed by atoms with van der Waals surface area (Å²) < 4.78 is 27.2. The number of nitrogens with one attached hydrogen (secondary N) is 1. The van der Waals surface area contributed by atoms with Gasteiger partial charge in [-0.1, -0.05) is 6.07 Å². The lowest BCUT2D eigenvalue weighted by Gasteiger charge is -2.08. The van der Waals surface area contributed by atoms with Crippen molar-refractivity contribution in [1.82, 2.24) is 9.71 Å². The van der Waals surface area contributed by atoms with Crippen molar-refractivity contribution in [3.05, 3.63) is 71.2 Å². The number of thiophene rings is 1. The summed E-state index contributed by atoms with van der Waals surface area (Å²) in [6.07, 6.45) is 1.67. The molecule has 2 aromatic heterocycles. The van der Waals surface area contributed by atoms with Crippen LogP contribution in [-0.2, 0) is 16.6 Å². The number of pyridine rings is 1. The molecule has 0 radical (unpaired) electrons. The average molecular weight is 355 g/mol. The van der Waals surface area contributed by atoms with Crippen molar-refractivity contribution in [2.24, 2.45) is 0 Å². The van der Waals surface area contributed by atoms with Gasteiger partial charge in [-0.2, -0.15) is 5.26 Å². The lowest BCUT2D eigenvalue weighted by atomic mass is 10.2. The van der Waals surface area contributed by atoms with E-state index in [1.165, 1.54) is 24.3 Å². The van der Waals surface area contributed by atoms with Crippen molar-refractivity contribution in [3.8, 4) is 16.6 Å². The van der Waals surface area contributed by atoms with Crippen molar-refractivity contribution in [1.29, 1.82) is 5.26 Å². The predicted octanol–water partition coefficient (Wildman–Crippen LogP) is 3.16. The lowest BCUT2D eigenvalue weighted by molar-refractivity contribution is 0.581. The molecule has 3 rings (SSSR count). The molecule has 1 N–H and O–H groups in total. The zero-order valence-corrected chi connectivity index (χ0v) is 14.1. The van der Waals surface area contributed by atoms with Crippen molar-refractivity contribution in [3.63, 3.8) is 0 Å². The molecule has 24 heavy (non-hydrogen) atoms. The van der Waals surface area contributed by atoms with E-state index < -0.39 is 10.0 Å². The Morgan fingerprint density at radius 3 is 2.62 bits per heavy atom. The summed E-state index contributed by atoms with van der Waals surface area (Å²) in [6, 6.07) is 15.3. The Balaban J connectivity index is 1.75. The minimum Gasteiger partial charge on any atom is -0.255 e. The van der Waals surface area contributed by atoms with E-state index in [4.69, 9.17) is 5.26 Å². The van der Waals surface area contributed by atoms with E-state index in [-0.39, 0.29) is 11.4 Å². The Morgan fingerprint density at radius 2 is 1.96 bits per heavy atom. The monoisotopic (exact) mass is 355 g/mol. The Bertz CT molecular complexity index is 973. The van der Waals surface area contributed by atoms with Crippen molar-refractivity contribution in [2.45, 2.75) is 11.4 Å². The largest absolute Gasteiger partial charge is 0.255 e. The Labute approximate surface area is 144 Å². The van der Waals surface area contributed by atoms with Crippen LogP contribution in [0.15, 0.2) is 65.0 Å². The van der Waals surface area contributed by atoms with E-state index in [9.17, 15) is 8.42 Å². The zero-order valence-electron chi connectivity index (χ0n) is 12.5. The Hall–Kier alpha value is -2.53. The van der Waals surface area contributed by atoms with Gasteiger partial charge in [0.2, 0.25) is 10.0 Å². The molecule has 0 atom stereocenters. The maximum Gasteiger partial charge on any atom is 0.240 e. The molecule has 0 aliphatic carbocycles. The topological polar surface area (TPSA) is 82.8 Å². The van der Waals surface area contributed by atoms with E-state index in [2.05, 4.69) is 9.71 Å². The molecular weight excluding hydrogens is 342 g/mol. The van der Waals surface area contributed by atoms with Gasteiger partial charge in [0.25, 0.3) is 0 Å². The molecule has 2 heterocycles. The second-order valence-corrected chi connectivity index (χ2v) is 7.70. The molecule has 0 saturated heterocycles. The number of hydrogen-bond acceptors (Lipinski definition) is 5. The van der Waals surface area contributed by atoms with E-state index in [1.54, 1.807) is 23.6 Å². The first-order chi connectivity index (χ1) is 11.6. The molecule has 0 aliphatic rings. The van der Waals surface area contributed by atoms with Gasteiger partial charge in [-0.15, -0.1) is 11.3 Å². The minimum atomic E-state index is -3.63. The zero-order chi connectivity index (χ0) is 17.0. The molecule has 1 aromatic carbocycles. The highest BCUT2D eigenvalue weighted by molar-refractivity contribution is 7.89. The molecule has 5 nitrogen and oxygen atoms in total. The summed E-state index contributed by atoms with van der Waals surface area (Å²) in [5.41, 5.74) is 2.06. The molecule has 3 aromatic rings. The first-order valence-corrected chi connectivity index (χ1v) is 9.43. The molecule has 0 saturated carbocycles. The van der Waals surface area contributed by atoms with Gasteiger partial charge >= 0.3 is 0 Å². The molecule has 0 aliphatic heterocycles. The number of nitrogens with zero attached hydrogens (tertiary/aromatic N) is 2. The second-order valence-electron chi connectivity index (χ2n) is 4.99. The SMILES string of the molecule is N#Cc1ccc(S(=O)(=O)NCc2ccnc(-c3cccs3)c2)cc1. The molecular formula is C17H13N3O2S2. The smallest absolute Gasteiger partial charge is 0.240 e. The highest BCUT2D eigenvalue weighted by atomic mass is 32.2. The Morgan fingerprint density at radius 1 is 1.17 bits per heavy atom. The molecule has 0 bridgehead atoms. The van der Waals surface area contributed by atoms with E-state index in [0.29, 0.717) is 5.56 Å². The summed E-state index contributed by atoms with van der Waals surface area (Å²) in [5.74, 6) is 0. The van der Waals surface area contributed by atoms with Gasteiger partial charge in [0.1, 0.15) is 0 Å². The van der Waals surface area contributed by atoms with Crippen molar-refractivity contribution >= 4 is 21.4 Å². The predicted molar refractivity (Wildman–Crippen MR) is 92.7 cm³/mol. The third-order valence-corrected chi connectivity index (χ3v) is 5.67. The van der Waals surface area contributed by atoms with Gasteiger partial charge in [0.15, 0.2) is 0 Å². The fourth-order valence-electron chi connectivity index (χ4n) is 2.11. The van der Waals surface area contributed by atoms with Gasteiger partial charge in [-0.05, 0) is 53.4 Å². The molecule has 0 unspecified atom stereocenters. The van der Waals surface area contributed by atoms with Crippen LogP contribution in [0.25, 0.3) is 10.6 Å². The molecule has 7 heteroatoms. The normalized spacial score (nSPS) is 11.1. The summed E-state index contributed by atoms with van der Waals surface area (Å²) in [6.45, 7) is 0.170. The molecule has 120 valence electrons. The van der Waals surface area contributed by atoms with Crippen LogP contribution >= 0.6 is 11.3 Å². The first kappa shape index (κ1) is 16.3. The van der Waals surface area contributed by atoms with Crippen LogP contribution in [0, 0.1) is 11.3 Å². The Kier molecular flexibility index (Phi) is 4.71. The van der Waals surface area contributed by atoms with Crippen LogP contribution in [0.1, 0.15) is 11.1 Å². The van der Waals surface area contributed by atoms with Crippen LogP contribution in [0.5, 0.6) is 0 Å². The maximum absolute atomic E-state index is 12.3. The standard InChI is InChI=1S/C17H13N3O2S2/c18-11-13-3-5-15(6-4-13)24(21,22)20-12-14-7-8-19-16(10-14)17-2-1-9-23-17/h1-10,20H,12H2. The average Bonchev–Trinajstić information content (AvgIpc) is 3.15. The lowest BCUT2D eigenvalue weighted by Crippen LogP contribution is -2.23. The fraction of sp³-hybridized carbons (Fsp3) is 0.0588. The summed E-state index contributed by atoms with van der Waals surface area (Å²) >= 11 is 1.58. The summed E-state index contributed by atoms with van der Waals surface area (Å²) in [5, 5.41) is 10.7. The van der Waals surface area contributed by atoms with Gasteiger partial charge < -0.3 is 0 Å². The number of aromatic nitrogens is 1. The number of hydrogen-bond donors (Lipinski definition) is 1. The number of sulfonamides is 1. The highest BCUT2D eigenvalue weighted by Gasteiger charge is 2.13. The number of benzene rings is 1. The second kappa shape index (κ2) is 6.93. The van der Waals surface area contributed by atoms with E-state index in [1.807, 2.05) is 29.6 Å². The van der Waals surface area contributed by atoms with Crippen molar-refractivity contribution < 1.29 is 8.42 Å². The van der Waals surface area contributed by atoms with Crippen LogP contribution in [0.2, 0.25) is 0 Å². The quantitative estimate of drug-likeness (QED) is 0.762. The van der Waals surface area contributed by atoms with E-state index in [0.717, 1.165) is 16.1 Å². The van der Waals surface area contributed by atoms with Crippen LogP contribution in [0.3, 0.4) is 0 Å². The first-order valence-electron chi connectivity index (χ1n) is 7.07. The summed E-state index contributed by atoms with van der Waals surface area (Å²) in [7, 11) is -3.63. The van der Waals surface area contributed by atoms with Gasteiger partial charge in [-0.25, -0.2) is 13.1 Å². The van der Waals surface area contributed by atoms with E-state index >= 15 is 0 Å². The van der Waals surface area contributed by atoms with Gasteiger partial charge in [0.05, 0.1) is 27.1 Å². The number of nitriles is 1. The fourth-order valence-corrected chi connectivity index (χ4v) is 3.82. The van der Waals surface area contributed by atoms with Gasteiger partial charge in [0, 0.05) is 12.7 Å². The van der Waals surface area contributed by atoms with Crippen LogP contribution in [-0.4, -0.2) is 13.4 Å². The maximum atomic E-state index is 12.3. The molecule has 0 spiro atoms. The molecule has 0 amide bonds.